The van der Waals surface area contributed by atoms with E-state index in [4.69, 9.17) is 0 Å². The van der Waals surface area contributed by atoms with Crippen LogP contribution in [0.3, 0.4) is 0 Å². The molecule has 0 saturated carbocycles. The summed E-state index contributed by atoms with van der Waals surface area (Å²) in [4.78, 5) is 36.4. The van der Waals surface area contributed by atoms with Crippen molar-refractivity contribution in [3.63, 3.8) is 0 Å². The second-order valence-corrected chi connectivity index (χ2v) is 6.12. The number of benzene rings is 2. The SMILES string of the molecule is Cc1ccccc1CN(C)C(=O)CNC(=O)c1ccc(C)c([N+](=O)[O-])c1. The third-order valence-corrected chi connectivity index (χ3v) is 4.16. The van der Waals surface area contributed by atoms with E-state index in [0.29, 0.717) is 12.1 Å². The number of amides is 2. The van der Waals surface area contributed by atoms with Gasteiger partial charge >= 0.3 is 0 Å². The molecule has 0 aromatic heterocycles. The third-order valence-electron chi connectivity index (χ3n) is 4.16. The number of likely N-dealkylation sites (N-methyl/N-ethyl adjacent to an activating group) is 1. The minimum Gasteiger partial charge on any atom is -0.343 e. The van der Waals surface area contributed by atoms with Crippen LogP contribution in [0.4, 0.5) is 5.69 Å². The number of nitro groups is 1. The molecule has 2 aromatic rings. The number of nitrogens with zero attached hydrogens (tertiary/aromatic N) is 2. The number of carbonyl (C=O) groups excluding carboxylic acids is 2. The van der Waals surface area contributed by atoms with E-state index in [1.54, 1.807) is 14.0 Å². The van der Waals surface area contributed by atoms with E-state index in [1.165, 1.54) is 23.1 Å². The van der Waals surface area contributed by atoms with Crippen molar-refractivity contribution in [1.29, 1.82) is 0 Å². The first-order valence-electron chi connectivity index (χ1n) is 8.11. The highest BCUT2D eigenvalue weighted by Crippen LogP contribution is 2.19. The Labute approximate surface area is 151 Å². The first-order valence-corrected chi connectivity index (χ1v) is 8.11. The van der Waals surface area contributed by atoms with E-state index in [0.717, 1.165) is 11.1 Å². The lowest BCUT2D eigenvalue weighted by atomic mass is 10.1. The first kappa shape index (κ1) is 19.1. The second kappa shape index (κ2) is 8.24. The summed E-state index contributed by atoms with van der Waals surface area (Å²) in [6, 6.07) is 12.0. The fourth-order valence-corrected chi connectivity index (χ4v) is 2.47. The number of nitro benzene ring substituents is 1. The number of nitrogens with one attached hydrogen (secondary N) is 1. The van der Waals surface area contributed by atoms with Crippen LogP contribution < -0.4 is 5.32 Å². The monoisotopic (exact) mass is 355 g/mol. The molecule has 0 aliphatic rings. The van der Waals surface area contributed by atoms with Crippen LogP contribution in [0.15, 0.2) is 42.5 Å². The van der Waals surface area contributed by atoms with E-state index in [1.807, 2.05) is 31.2 Å². The van der Waals surface area contributed by atoms with Crippen LogP contribution in [0.25, 0.3) is 0 Å². The molecule has 7 heteroatoms. The van der Waals surface area contributed by atoms with E-state index in [9.17, 15) is 19.7 Å². The Kier molecular flexibility index (Phi) is 6.06. The van der Waals surface area contributed by atoms with Gasteiger partial charge in [0.05, 0.1) is 11.5 Å². The Balaban J connectivity index is 1.96. The van der Waals surface area contributed by atoms with Gasteiger partial charge in [0.25, 0.3) is 11.6 Å². The molecule has 0 fully saturated rings. The molecule has 1 N–H and O–H groups in total. The van der Waals surface area contributed by atoms with Crippen LogP contribution >= 0.6 is 0 Å². The number of hydrogen-bond donors (Lipinski definition) is 1. The van der Waals surface area contributed by atoms with Gasteiger partial charge in [-0.2, -0.15) is 0 Å². The first-order chi connectivity index (χ1) is 12.3. The van der Waals surface area contributed by atoms with Crippen LogP contribution in [-0.2, 0) is 11.3 Å². The highest BCUT2D eigenvalue weighted by molar-refractivity contribution is 5.97. The molecule has 2 rings (SSSR count). The molecule has 0 aliphatic carbocycles. The van der Waals surface area contributed by atoms with E-state index in [2.05, 4.69) is 5.32 Å². The Morgan fingerprint density at radius 1 is 1.12 bits per heavy atom. The molecular formula is C19H21N3O4. The van der Waals surface area contributed by atoms with Gasteiger partial charge in [0.2, 0.25) is 5.91 Å². The zero-order valence-electron chi connectivity index (χ0n) is 15.0. The van der Waals surface area contributed by atoms with Crippen molar-refractivity contribution in [2.75, 3.05) is 13.6 Å². The molecule has 0 atom stereocenters. The molecule has 26 heavy (non-hydrogen) atoms. The Hall–Kier alpha value is -3.22. The van der Waals surface area contributed by atoms with Crippen LogP contribution in [-0.4, -0.2) is 35.2 Å². The average molecular weight is 355 g/mol. The van der Waals surface area contributed by atoms with Crippen LogP contribution in [0.5, 0.6) is 0 Å². The van der Waals surface area contributed by atoms with Crippen molar-refractivity contribution in [1.82, 2.24) is 10.2 Å². The van der Waals surface area contributed by atoms with Gasteiger partial charge in [0, 0.05) is 30.8 Å². The Bertz CT molecular complexity index is 848. The molecule has 136 valence electrons. The standard InChI is InChI=1S/C19H21N3O4/c1-13-6-4-5-7-16(13)12-21(3)18(23)11-20-19(24)15-9-8-14(2)17(10-15)22(25)26/h4-10H,11-12H2,1-3H3,(H,20,24). The molecular weight excluding hydrogens is 334 g/mol. The largest absolute Gasteiger partial charge is 0.343 e. The topological polar surface area (TPSA) is 92.6 Å². The Morgan fingerprint density at radius 2 is 1.81 bits per heavy atom. The Morgan fingerprint density at radius 3 is 2.46 bits per heavy atom. The summed E-state index contributed by atoms with van der Waals surface area (Å²) in [5, 5.41) is 13.5. The quantitative estimate of drug-likeness (QED) is 0.637. The van der Waals surface area contributed by atoms with Gasteiger partial charge in [0.15, 0.2) is 0 Å². The predicted octanol–water partition coefficient (Wildman–Crippen LogP) is 2.60. The number of aryl methyl sites for hydroxylation is 2. The molecule has 2 amide bonds. The predicted molar refractivity (Wildman–Crippen MR) is 97.8 cm³/mol. The van der Waals surface area contributed by atoms with Crippen molar-refractivity contribution < 1.29 is 14.5 Å². The van der Waals surface area contributed by atoms with Crippen molar-refractivity contribution in [2.24, 2.45) is 0 Å². The summed E-state index contributed by atoms with van der Waals surface area (Å²) in [5.74, 6) is -0.769. The lowest BCUT2D eigenvalue weighted by Gasteiger charge is -2.18. The maximum Gasteiger partial charge on any atom is 0.273 e. The average Bonchev–Trinajstić information content (AvgIpc) is 2.61. The number of rotatable bonds is 6. The highest BCUT2D eigenvalue weighted by Gasteiger charge is 2.16. The minimum absolute atomic E-state index is 0.124. The van der Waals surface area contributed by atoms with E-state index >= 15 is 0 Å². The molecule has 0 radical (unpaired) electrons. The van der Waals surface area contributed by atoms with Gasteiger partial charge in [-0.25, -0.2) is 0 Å². The normalized spacial score (nSPS) is 10.3. The molecule has 2 aromatic carbocycles. The fourth-order valence-electron chi connectivity index (χ4n) is 2.47. The summed E-state index contributed by atoms with van der Waals surface area (Å²) >= 11 is 0. The van der Waals surface area contributed by atoms with Crippen LogP contribution in [0.1, 0.15) is 27.0 Å². The second-order valence-electron chi connectivity index (χ2n) is 6.12. The van der Waals surface area contributed by atoms with Gasteiger partial charge in [-0.1, -0.05) is 30.3 Å². The molecule has 0 saturated heterocycles. The highest BCUT2D eigenvalue weighted by atomic mass is 16.6. The minimum atomic E-state index is -0.534. The van der Waals surface area contributed by atoms with Crippen LogP contribution in [0.2, 0.25) is 0 Å². The van der Waals surface area contributed by atoms with Crippen molar-refractivity contribution in [2.45, 2.75) is 20.4 Å². The summed E-state index contributed by atoms with van der Waals surface area (Å²) in [5.41, 5.74) is 2.62. The molecule has 7 nitrogen and oxygen atoms in total. The lowest BCUT2D eigenvalue weighted by Crippen LogP contribution is -2.37. The summed E-state index contributed by atoms with van der Waals surface area (Å²) in [7, 11) is 1.66. The fraction of sp³-hybridized carbons (Fsp3) is 0.263. The maximum absolute atomic E-state index is 12.2. The van der Waals surface area contributed by atoms with Gasteiger partial charge in [-0.3, -0.25) is 19.7 Å². The van der Waals surface area contributed by atoms with Crippen molar-refractivity contribution >= 4 is 17.5 Å². The summed E-state index contributed by atoms with van der Waals surface area (Å²) in [6.07, 6.45) is 0. The van der Waals surface area contributed by atoms with Gasteiger partial charge in [-0.15, -0.1) is 0 Å². The molecule has 0 bridgehead atoms. The van der Waals surface area contributed by atoms with Crippen molar-refractivity contribution in [3.05, 3.63) is 74.8 Å². The van der Waals surface area contributed by atoms with Crippen molar-refractivity contribution in [3.8, 4) is 0 Å². The summed E-state index contributed by atoms with van der Waals surface area (Å²) in [6.45, 7) is 3.84. The maximum atomic E-state index is 12.2. The zero-order valence-corrected chi connectivity index (χ0v) is 15.0. The summed E-state index contributed by atoms with van der Waals surface area (Å²) < 4.78 is 0. The molecule has 0 aliphatic heterocycles. The van der Waals surface area contributed by atoms with Crippen LogP contribution in [0, 0.1) is 24.0 Å². The number of carbonyl (C=O) groups is 2. The van der Waals surface area contributed by atoms with Gasteiger partial charge in [-0.05, 0) is 31.0 Å². The number of hydrogen-bond acceptors (Lipinski definition) is 4. The molecule has 0 spiro atoms. The molecule has 0 heterocycles. The lowest BCUT2D eigenvalue weighted by molar-refractivity contribution is -0.385. The van der Waals surface area contributed by atoms with Gasteiger partial charge < -0.3 is 10.2 Å². The van der Waals surface area contributed by atoms with E-state index in [-0.39, 0.29) is 23.7 Å². The zero-order chi connectivity index (χ0) is 19.3. The molecule has 0 unspecified atom stereocenters. The van der Waals surface area contributed by atoms with E-state index < -0.39 is 10.8 Å². The smallest absolute Gasteiger partial charge is 0.273 e. The van der Waals surface area contributed by atoms with Gasteiger partial charge in [0.1, 0.15) is 0 Å². The third kappa shape index (κ3) is 4.66.